The highest BCUT2D eigenvalue weighted by atomic mass is 35.5. The van der Waals surface area contributed by atoms with Crippen molar-refractivity contribution in [2.24, 2.45) is 0 Å². The number of nitrogens with one attached hydrogen (secondary N) is 1. The van der Waals surface area contributed by atoms with Gasteiger partial charge in [0.05, 0.1) is 17.3 Å². The Labute approximate surface area is 121 Å². The number of aliphatic hydroxyl groups excluding tert-OH is 1. The van der Waals surface area contributed by atoms with Crippen molar-refractivity contribution in [2.45, 2.75) is 4.90 Å². The topological polar surface area (TPSA) is 92.2 Å². The lowest BCUT2D eigenvalue weighted by Gasteiger charge is -2.08. The van der Waals surface area contributed by atoms with Crippen LogP contribution >= 0.6 is 11.6 Å². The van der Waals surface area contributed by atoms with E-state index in [0.29, 0.717) is 11.5 Å². The summed E-state index contributed by atoms with van der Waals surface area (Å²) in [7, 11) is -3.48. The quantitative estimate of drug-likeness (QED) is 0.815. The molecule has 0 radical (unpaired) electrons. The van der Waals surface area contributed by atoms with Crippen molar-refractivity contribution in [1.29, 1.82) is 0 Å². The first-order valence-corrected chi connectivity index (χ1v) is 7.73. The molecule has 106 valence electrons. The summed E-state index contributed by atoms with van der Waals surface area (Å²) in [6.45, 7) is -0.415. The van der Waals surface area contributed by atoms with Crippen LogP contribution in [0.3, 0.4) is 0 Å². The molecular weight excluding hydrogens is 302 g/mol. The van der Waals surface area contributed by atoms with Crippen molar-refractivity contribution in [3.63, 3.8) is 0 Å². The third kappa shape index (κ3) is 3.66. The molecule has 0 aliphatic carbocycles. The zero-order chi connectivity index (χ0) is 14.6. The molecule has 0 saturated carbocycles. The number of hydrogen-bond donors (Lipinski definition) is 2. The SMILES string of the molecule is O=S(=O)(CCO)c1cccc(Nc2ccnc(Cl)n2)c1. The molecule has 1 heterocycles. The predicted molar refractivity (Wildman–Crippen MR) is 75.9 cm³/mol. The van der Waals surface area contributed by atoms with Gasteiger partial charge in [0.2, 0.25) is 5.28 Å². The number of halogens is 1. The highest BCUT2D eigenvalue weighted by Gasteiger charge is 2.13. The monoisotopic (exact) mass is 313 g/mol. The molecule has 8 heteroatoms. The zero-order valence-corrected chi connectivity index (χ0v) is 11.9. The molecule has 1 aromatic heterocycles. The number of nitrogens with zero attached hydrogens (tertiary/aromatic N) is 2. The van der Waals surface area contributed by atoms with Gasteiger partial charge in [0.25, 0.3) is 0 Å². The van der Waals surface area contributed by atoms with Crippen molar-refractivity contribution in [1.82, 2.24) is 9.97 Å². The third-order valence-corrected chi connectivity index (χ3v) is 4.33. The van der Waals surface area contributed by atoms with Gasteiger partial charge in [0.15, 0.2) is 9.84 Å². The van der Waals surface area contributed by atoms with Gasteiger partial charge in [-0.15, -0.1) is 0 Å². The van der Waals surface area contributed by atoms with E-state index in [1.54, 1.807) is 18.2 Å². The summed E-state index contributed by atoms with van der Waals surface area (Å²) in [5.41, 5.74) is 0.554. The van der Waals surface area contributed by atoms with Crippen LogP contribution in [-0.2, 0) is 9.84 Å². The summed E-state index contributed by atoms with van der Waals surface area (Å²) in [6, 6.07) is 7.87. The van der Waals surface area contributed by atoms with Crippen LogP contribution in [0.4, 0.5) is 11.5 Å². The molecule has 0 aliphatic rings. The fraction of sp³-hybridized carbons (Fsp3) is 0.167. The van der Waals surface area contributed by atoms with Crippen LogP contribution < -0.4 is 5.32 Å². The summed E-state index contributed by atoms with van der Waals surface area (Å²) < 4.78 is 23.7. The van der Waals surface area contributed by atoms with Crippen LogP contribution in [0.15, 0.2) is 41.4 Å². The Balaban J connectivity index is 2.27. The van der Waals surface area contributed by atoms with E-state index >= 15 is 0 Å². The van der Waals surface area contributed by atoms with Crippen molar-refractivity contribution >= 4 is 32.9 Å². The maximum atomic E-state index is 11.9. The smallest absolute Gasteiger partial charge is 0.224 e. The Morgan fingerprint density at radius 1 is 1.30 bits per heavy atom. The minimum Gasteiger partial charge on any atom is -0.395 e. The van der Waals surface area contributed by atoms with Crippen LogP contribution in [0.2, 0.25) is 5.28 Å². The Kier molecular flexibility index (Phi) is 4.53. The molecule has 0 amide bonds. The minimum atomic E-state index is -3.48. The summed E-state index contributed by atoms with van der Waals surface area (Å²) in [4.78, 5) is 7.84. The van der Waals surface area contributed by atoms with E-state index in [1.165, 1.54) is 18.3 Å². The molecule has 0 atom stereocenters. The predicted octanol–water partition coefficient (Wildman–Crippen LogP) is 1.64. The first-order valence-electron chi connectivity index (χ1n) is 5.70. The van der Waals surface area contributed by atoms with Crippen LogP contribution in [-0.4, -0.2) is 35.9 Å². The van der Waals surface area contributed by atoms with Gasteiger partial charge in [-0.25, -0.2) is 18.4 Å². The van der Waals surface area contributed by atoms with Crippen LogP contribution in [0.25, 0.3) is 0 Å². The molecule has 20 heavy (non-hydrogen) atoms. The van der Waals surface area contributed by atoms with E-state index in [1.807, 2.05) is 0 Å². The fourth-order valence-corrected chi connectivity index (χ4v) is 2.77. The van der Waals surface area contributed by atoms with Crippen molar-refractivity contribution in [3.05, 3.63) is 41.8 Å². The number of benzene rings is 1. The normalized spacial score (nSPS) is 11.3. The van der Waals surface area contributed by atoms with E-state index in [9.17, 15) is 8.42 Å². The lowest BCUT2D eigenvalue weighted by atomic mass is 10.3. The van der Waals surface area contributed by atoms with Crippen LogP contribution in [0.5, 0.6) is 0 Å². The van der Waals surface area contributed by atoms with E-state index in [4.69, 9.17) is 16.7 Å². The zero-order valence-electron chi connectivity index (χ0n) is 10.3. The molecule has 0 saturated heterocycles. The summed E-state index contributed by atoms with van der Waals surface area (Å²) in [6.07, 6.45) is 1.49. The number of aromatic nitrogens is 2. The summed E-state index contributed by atoms with van der Waals surface area (Å²) in [5.74, 6) is 0.150. The van der Waals surface area contributed by atoms with Gasteiger partial charge < -0.3 is 10.4 Å². The number of hydrogen-bond acceptors (Lipinski definition) is 6. The van der Waals surface area contributed by atoms with Gasteiger partial charge in [-0.2, -0.15) is 0 Å². The second-order valence-electron chi connectivity index (χ2n) is 3.91. The molecule has 2 aromatic rings. The molecule has 1 aromatic carbocycles. The lowest BCUT2D eigenvalue weighted by Crippen LogP contribution is -2.10. The number of aliphatic hydroxyl groups is 1. The largest absolute Gasteiger partial charge is 0.395 e. The summed E-state index contributed by atoms with van der Waals surface area (Å²) >= 11 is 5.67. The average molecular weight is 314 g/mol. The van der Waals surface area contributed by atoms with Crippen LogP contribution in [0, 0.1) is 0 Å². The first-order chi connectivity index (χ1) is 9.51. The van der Waals surface area contributed by atoms with E-state index in [2.05, 4.69) is 15.3 Å². The number of sulfone groups is 1. The molecule has 0 spiro atoms. The van der Waals surface area contributed by atoms with Gasteiger partial charge in [-0.1, -0.05) is 6.07 Å². The Hall–Kier alpha value is -1.70. The lowest BCUT2D eigenvalue weighted by molar-refractivity contribution is 0.319. The van der Waals surface area contributed by atoms with E-state index in [0.717, 1.165) is 0 Å². The first kappa shape index (κ1) is 14.7. The van der Waals surface area contributed by atoms with Gasteiger partial charge in [-0.3, -0.25) is 0 Å². The maximum absolute atomic E-state index is 11.9. The molecule has 2 rings (SSSR count). The van der Waals surface area contributed by atoms with Gasteiger partial charge in [0.1, 0.15) is 5.82 Å². The standard InChI is InChI=1S/C12H12ClN3O3S/c13-12-14-5-4-11(16-12)15-9-2-1-3-10(8-9)20(18,19)7-6-17/h1-5,8,17H,6-7H2,(H,14,15,16). The van der Waals surface area contributed by atoms with E-state index < -0.39 is 16.4 Å². The van der Waals surface area contributed by atoms with E-state index in [-0.39, 0.29) is 15.9 Å². The second kappa shape index (κ2) is 6.17. The Morgan fingerprint density at radius 3 is 2.80 bits per heavy atom. The molecular formula is C12H12ClN3O3S. The van der Waals surface area contributed by atoms with Gasteiger partial charge >= 0.3 is 0 Å². The number of anilines is 2. The highest BCUT2D eigenvalue weighted by molar-refractivity contribution is 7.91. The Morgan fingerprint density at radius 2 is 2.10 bits per heavy atom. The minimum absolute atomic E-state index is 0.0963. The molecule has 6 nitrogen and oxygen atoms in total. The molecule has 2 N–H and O–H groups in total. The Bertz CT molecular complexity index is 707. The maximum Gasteiger partial charge on any atom is 0.224 e. The van der Waals surface area contributed by atoms with Crippen molar-refractivity contribution in [2.75, 3.05) is 17.7 Å². The second-order valence-corrected chi connectivity index (χ2v) is 6.35. The molecule has 0 fully saturated rings. The number of rotatable bonds is 5. The van der Waals surface area contributed by atoms with Gasteiger partial charge in [-0.05, 0) is 35.9 Å². The molecule has 0 aliphatic heterocycles. The average Bonchev–Trinajstić information content (AvgIpc) is 2.39. The third-order valence-electron chi connectivity index (χ3n) is 2.45. The highest BCUT2D eigenvalue weighted by Crippen LogP contribution is 2.20. The molecule has 0 unspecified atom stereocenters. The fourth-order valence-electron chi connectivity index (χ4n) is 1.56. The van der Waals surface area contributed by atoms with Crippen molar-refractivity contribution < 1.29 is 13.5 Å². The van der Waals surface area contributed by atoms with Crippen LogP contribution in [0.1, 0.15) is 0 Å². The van der Waals surface area contributed by atoms with Crippen molar-refractivity contribution in [3.8, 4) is 0 Å². The molecule has 0 bridgehead atoms. The summed E-state index contributed by atoms with van der Waals surface area (Å²) in [5, 5.41) is 11.8. The van der Waals surface area contributed by atoms with Gasteiger partial charge in [0, 0.05) is 11.9 Å².